The zero-order valence-electron chi connectivity index (χ0n) is 19.7. The number of nitrogens with two attached hydrogens (primary N) is 1. The van der Waals surface area contributed by atoms with E-state index in [1.54, 1.807) is 0 Å². The molecule has 1 aliphatic carbocycles. The van der Waals surface area contributed by atoms with Gasteiger partial charge in [-0.25, -0.2) is 0 Å². The lowest BCUT2D eigenvalue weighted by Crippen LogP contribution is -2.39. The topological polar surface area (TPSA) is 88.6 Å². The van der Waals surface area contributed by atoms with Gasteiger partial charge < -0.3 is 15.2 Å². The van der Waals surface area contributed by atoms with E-state index in [1.807, 2.05) is 62.1 Å². The molecule has 0 saturated carbocycles. The first kappa shape index (κ1) is 23.7. The number of rotatable bonds is 6. The van der Waals surface area contributed by atoms with Crippen LogP contribution in [0.1, 0.15) is 50.2 Å². The van der Waals surface area contributed by atoms with Crippen molar-refractivity contribution in [3.8, 4) is 17.6 Å². The highest BCUT2D eigenvalue weighted by atomic mass is 35.5. The van der Waals surface area contributed by atoms with Crippen molar-refractivity contribution in [2.24, 2.45) is 5.73 Å². The van der Waals surface area contributed by atoms with Gasteiger partial charge in [-0.05, 0) is 69.5 Å². The number of nitrogens with zero attached hydrogens (tertiary/aromatic N) is 2. The van der Waals surface area contributed by atoms with Crippen LogP contribution in [0.2, 0.25) is 5.02 Å². The van der Waals surface area contributed by atoms with Gasteiger partial charge in [-0.15, -0.1) is 0 Å². The molecule has 0 spiro atoms. The molecule has 1 atom stereocenters. The minimum Gasteiger partial charge on any atom is -0.494 e. The second kappa shape index (κ2) is 9.82. The number of nitriles is 1. The summed E-state index contributed by atoms with van der Waals surface area (Å²) in [7, 11) is 0. The van der Waals surface area contributed by atoms with Crippen LogP contribution in [0.5, 0.6) is 11.5 Å². The number of Topliss-reactive ketones (excluding diaryl/α,β-unsaturated/α-hetero) is 1. The number of carbonyl (C=O) groups is 1. The highest BCUT2D eigenvalue weighted by molar-refractivity contribution is 6.31. The van der Waals surface area contributed by atoms with Crippen LogP contribution >= 0.6 is 11.6 Å². The van der Waals surface area contributed by atoms with E-state index in [0.29, 0.717) is 71.5 Å². The Kier molecular flexibility index (Phi) is 6.85. The Labute approximate surface area is 205 Å². The number of ketones is 1. The van der Waals surface area contributed by atoms with E-state index in [9.17, 15) is 10.1 Å². The second-order valence-corrected chi connectivity index (χ2v) is 8.67. The Hall–Kier alpha value is -3.43. The smallest absolute Gasteiger partial charge is 0.161 e. The minimum absolute atomic E-state index is 0.0143. The molecule has 176 valence electrons. The van der Waals surface area contributed by atoms with Crippen LogP contribution in [0.3, 0.4) is 0 Å². The molecule has 0 bridgehead atoms. The first-order valence-corrected chi connectivity index (χ1v) is 11.9. The molecule has 7 heteroatoms. The molecule has 0 fully saturated rings. The Morgan fingerprint density at radius 3 is 2.65 bits per heavy atom. The Bertz CT molecular complexity index is 1240. The maximum Gasteiger partial charge on any atom is 0.161 e. The molecule has 2 N–H and O–H groups in total. The van der Waals surface area contributed by atoms with Crippen molar-refractivity contribution in [1.82, 2.24) is 0 Å². The molecule has 6 nitrogen and oxygen atoms in total. The molecule has 2 aromatic carbocycles. The molecule has 4 rings (SSSR count). The molecule has 1 unspecified atom stereocenters. The highest BCUT2D eigenvalue weighted by Crippen LogP contribution is 2.49. The summed E-state index contributed by atoms with van der Waals surface area (Å²) in [5.74, 6) is 0.936. The number of ether oxygens (including phenoxy) is 2. The maximum absolute atomic E-state index is 13.4. The fourth-order valence-corrected chi connectivity index (χ4v) is 4.98. The summed E-state index contributed by atoms with van der Waals surface area (Å²) < 4.78 is 11.7. The highest BCUT2D eigenvalue weighted by Gasteiger charge is 2.42. The lowest BCUT2D eigenvalue weighted by Gasteiger charge is -2.40. The number of hydrogen-bond acceptors (Lipinski definition) is 6. The zero-order valence-corrected chi connectivity index (χ0v) is 20.4. The van der Waals surface area contributed by atoms with Gasteiger partial charge >= 0.3 is 0 Å². The minimum atomic E-state index is -0.634. The van der Waals surface area contributed by atoms with Crippen LogP contribution in [-0.2, 0) is 4.79 Å². The van der Waals surface area contributed by atoms with E-state index in [2.05, 4.69) is 6.07 Å². The summed E-state index contributed by atoms with van der Waals surface area (Å²) in [6.45, 7) is 6.66. The van der Waals surface area contributed by atoms with E-state index in [1.165, 1.54) is 0 Å². The summed E-state index contributed by atoms with van der Waals surface area (Å²) in [6.07, 6.45) is 1.80. The monoisotopic (exact) mass is 477 g/mol. The van der Waals surface area contributed by atoms with Gasteiger partial charge in [0.1, 0.15) is 17.3 Å². The number of halogens is 1. The van der Waals surface area contributed by atoms with Gasteiger partial charge in [-0.2, -0.15) is 5.26 Å². The Balaban J connectivity index is 2.01. The summed E-state index contributed by atoms with van der Waals surface area (Å²) in [5, 5.41) is 10.9. The van der Waals surface area contributed by atoms with E-state index in [0.717, 1.165) is 16.9 Å². The zero-order chi connectivity index (χ0) is 24.4. The fourth-order valence-electron chi connectivity index (χ4n) is 4.81. The molecule has 0 aromatic heterocycles. The third kappa shape index (κ3) is 4.01. The van der Waals surface area contributed by atoms with Gasteiger partial charge in [-0.3, -0.25) is 9.69 Å². The fraction of sp³-hybridized carbons (Fsp3) is 0.333. The van der Waals surface area contributed by atoms with E-state index in [-0.39, 0.29) is 5.78 Å². The van der Waals surface area contributed by atoms with Crippen LogP contribution < -0.4 is 20.1 Å². The average molecular weight is 478 g/mol. The predicted molar refractivity (Wildman–Crippen MR) is 133 cm³/mol. The van der Waals surface area contributed by atoms with Gasteiger partial charge in [0.2, 0.25) is 0 Å². The molecule has 1 aliphatic heterocycles. The summed E-state index contributed by atoms with van der Waals surface area (Å²) in [4.78, 5) is 15.3. The number of benzene rings is 2. The first-order chi connectivity index (χ1) is 16.4. The van der Waals surface area contributed by atoms with E-state index >= 15 is 0 Å². The third-order valence-electron chi connectivity index (χ3n) is 6.30. The van der Waals surface area contributed by atoms with Crippen molar-refractivity contribution < 1.29 is 14.3 Å². The summed E-state index contributed by atoms with van der Waals surface area (Å²) in [5.41, 5.74) is 10.7. The van der Waals surface area contributed by atoms with Crippen molar-refractivity contribution in [1.29, 1.82) is 5.26 Å². The molecule has 0 radical (unpaired) electrons. The molecule has 2 aliphatic rings. The largest absolute Gasteiger partial charge is 0.494 e. The van der Waals surface area contributed by atoms with Gasteiger partial charge in [0.05, 0.1) is 36.5 Å². The van der Waals surface area contributed by atoms with Gasteiger partial charge in [0, 0.05) is 28.3 Å². The van der Waals surface area contributed by atoms with E-state index in [4.69, 9.17) is 26.8 Å². The van der Waals surface area contributed by atoms with Crippen LogP contribution in [0.4, 0.5) is 5.69 Å². The molecule has 34 heavy (non-hydrogen) atoms. The van der Waals surface area contributed by atoms with Crippen molar-refractivity contribution in [3.05, 3.63) is 75.2 Å². The van der Waals surface area contributed by atoms with Crippen LogP contribution in [0, 0.1) is 18.3 Å². The summed E-state index contributed by atoms with van der Waals surface area (Å²) >= 11 is 6.42. The lowest BCUT2D eigenvalue weighted by atomic mass is 9.75. The normalized spacial score (nSPS) is 18.0. The number of anilines is 1. The standard InChI is InChI=1S/C27H28ClN3O3/c1-4-33-17-12-13-24(34-5-2)18(14-17)25-19(15-29)27(30)31(21-9-6-8-20(28)16(21)3)22-10-7-11-23(32)26(22)25/h6,8-9,12-14,25H,4-5,7,10-11,30H2,1-3H3. The van der Waals surface area contributed by atoms with Gasteiger partial charge in [0.25, 0.3) is 0 Å². The maximum atomic E-state index is 13.4. The Morgan fingerprint density at radius 2 is 1.94 bits per heavy atom. The van der Waals surface area contributed by atoms with Crippen LogP contribution in [-0.4, -0.2) is 19.0 Å². The number of carbonyl (C=O) groups excluding carboxylic acids is 1. The Morgan fingerprint density at radius 1 is 1.18 bits per heavy atom. The average Bonchev–Trinajstić information content (AvgIpc) is 2.82. The van der Waals surface area contributed by atoms with Crippen molar-refractivity contribution in [2.45, 2.75) is 46.0 Å². The molecule has 2 aromatic rings. The molecule has 0 amide bonds. The predicted octanol–water partition coefficient (Wildman–Crippen LogP) is 5.75. The van der Waals surface area contributed by atoms with Crippen LogP contribution in [0.15, 0.2) is 59.1 Å². The quantitative estimate of drug-likeness (QED) is 0.569. The van der Waals surface area contributed by atoms with Crippen molar-refractivity contribution in [2.75, 3.05) is 18.1 Å². The molecular formula is C27H28ClN3O3. The van der Waals surface area contributed by atoms with Crippen molar-refractivity contribution in [3.63, 3.8) is 0 Å². The molecule has 0 saturated heterocycles. The SMILES string of the molecule is CCOc1ccc(OCC)c(C2C(C#N)=C(N)N(c3cccc(Cl)c3C)C3=C2C(=O)CCC3)c1. The first-order valence-electron chi connectivity index (χ1n) is 11.5. The van der Waals surface area contributed by atoms with Gasteiger partial charge in [0.15, 0.2) is 5.78 Å². The summed E-state index contributed by atoms with van der Waals surface area (Å²) in [6, 6.07) is 13.4. The third-order valence-corrected chi connectivity index (χ3v) is 6.71. The molecule has 1 heterocycles. The van der Waals surface area contributed by atoms with Crippen LogP contribution in [0.25, 0.3) is 0 Å². The lowest BCUT2D eigenvalue weighted by molar-refractivity contribution is -0.116. The van der Waals surface area contributed by atoms with Crippen molar-refractivity contribution >= 4 is 23.1 Å². The number of allylic oxidation sites excluding steroid dienone is 3. The van der Waals surface area contributed by atoms with Gasteiger partial charge in [-0.1, -0.05) is 17.7 Å². The van der Waals surface area contributed by atoms with E-state index < -0.39 is 5.92 Å². The second-order valence-electron chi connectivity index (χ2n) is 8.27. The number of hydrogen-bond donors (Lipinski definition) is 1. The molecular weight excluding hydrogens is 450 g/mol.